The van der Waals surface area contributed by atoms with E-state index >= 15 is 0 Å². The number of rotatable bonds is 6. The molecule has 0 saturated carbocycles. The zero-order valence-electron chi connectivity index (χ0n) is 13.9. The predicted octanol–water partition coefficient (Wildman–Crippen LogP) is 1.94. The van der Waals surface area contributed by atoms with Crippen LogP contribution in [0.3, 0.4) is 0 Å². The highest BCUT2D eigenvalue weighted by Crippen LogP contribution is 2.16. The lowest BCUT2D eigenvalue weighted by molar-refractivity contribution is 0.0999. The number of hydrogen-bond acceptors (Lipinski definition) is 4. The first kappa shape index (κ1) is 16.5. The van der Waals surface area contributed by atoms with Gasteiger partial charge in [0, 0.05) is 49.8 Å². The molecule has 0 bridgehead atoms. The van der Waals surface area contributed by atoms with Gasteiger partial charge in [0.1, 0.15) is 0 Å². The number of aromatic nitrogens is 1. The number of hydrogen-bond donors (Lipinski definition) is 1. The molecule has 5 heteroatoms. The standard InChI is InChI=1S/C19H24N4O/c20-19(24)18-6-2-1-4-16(18)5-3-11-22-12-14-23(15-13-22)17-7-9-21-10-8-17/h1-2,4,6-10H,3,5,11-15H2,(H2,20,24). The van der Waals surface area contributed by atoms with Crippen LogP contribution in [0.5, 0.6) is 0 Å². The Hall–Kier alpha value is -2.40. The normalized spacial score (nSPS) is 15.4. The van der Waals surface area contributed by atoms with Crippen molar-refractivity contribution in [2.45, 2.75) is 12.8 Å². The van der Waals surface area contributed by atoms with Crippen molar-refractivity contribution in [3.63, 3.8) is 0 Å². The van der Waals surface area contributed by atoms with Crippen LogP contribution in [0.25, 0.3) is 0 Å². The molecule has 3 rings (SSSR count). The zero-order chi connectivity index (χ0) is 16.8. The lowest BCUT2D eigenvalue weighted by atomic mass is 10.0. The van der Waals surface area contributed by atoms with Crippen molar-refractivity contribution in [1.29, 1.82) is 0 Å². The minimum Gasteiger partial charge on any atom is -0.369 e. The molecule has 1 aliphatic rings. The van der Waals surface area contributed by atoms with Gasteiger partial charge < -0.3 is 10.6 Å². The second-order valence-electron chi connectivity index (χ2n) is 6.16. The number of primary amides is 1. The summed E-state index contributed by atoms with van der Waals surface area (Å²) in [5.74, 6) is -0.337. The van der Waals surface area contributed by atoms with Gasteiger partial charge in [-0.15, -0.1) is 0 Å². The Kier molecular flexibility index (Phi) is 5.43. The van der Waals surface area contributed by atoms with Crippen LogP contribution in [-0.4, -0.2) is 48.5 Å². The van der Waals surface area contributed by atoms with Gasteiger partial charge in [-0.2, -0.15) is 0 Å². The Morgan fingerprint density at radius 2 is 1.75 bits per heavy atom. The van der Waals surface area contributed by atoms with Crippen LogP contribution in [0, 0.1) is 0 Å². The molecule has 1 aromatic carbocycles. The Bertz CT molecular complexity index is 666. The molecule has 0 atom stereocenters. The van der Waals surface area contributed by atoms with Crippen LogP contribution < -0.4 is 10.6 Å². The summed E-state index contributed by atoms with van der Waals surface area (Å²) in [6.45, 7) is 5.28. The van der Waals surface area contributed by atoms with Crippen LogP contribution >= 0.6 is 0 Å². The summed E-state index contributed by atoms with van der Waals surface area (Å²) in [7, 11) is 0. The third-order valence-corrected chi connectivity index (χ3v) is 4.60. The maximum atomic E-state index is 11.5. The van der Waals surface area contributed by atoms with Crippen molar-refractivity contribution in [2.75, 3.05) is 37.6 Å². The monoisotopic (exact) mass is 324 g/mol. The van der Waals surface area contributed by atoms with E-state index in [1.165, 1.54) is 5.69 Å². The van der Waals surface area contributed by atoms with Crippen LogP contribution in [0.15, 0.2) is 48.8 Å². The number of carbonyl (C=O) groups is 1. The van der Waals surface area contributed by atoms with Gasteiger partial charge in [0.2, 0.25) is 5.91 Å². The summed E-state index contributed by atoms with van der Waals surface area (Å²) in [5.41, 5.74) is 8.40. The first-order valence-corrected chi connectivity index (χ1v) is 8.49. The average molecular weight is 324 g/mol. The highest BCUT2D eigenvalue weighted by atomic mass is 16.1. The van der Waals surface area contributed by atoms with E-state index in [0.717, 1.165) is 51.1 Å². The van der Waals surface area contributed by atoms with E-state index in [9.17, 15) is 4.79 Å². The number of aryl methyl sites for hydroxylation is 1. The molecule has 1 amide bonds. The molecule has 1 aromatic heterocycles. The Labute approximate surface area is 143 Å². The molecule has 2 heterocycles. The van der Waals surface area contributed by atoms with Gasteiger partial charge in [-0.1, -0.05) is 18.2 Å². The summed E-state index contributed by atoms with van der Waals surface area (Å²) >= 11 is 0. The quantitative estimate of drug-likeness (QED) is 0.882. The summed E-state index contributed by atoms with van der Waals surface area (Å²) in [6, 6.07) is 11.8. The van der Waals surface area contributed by atoms with Gasteiger partial charge in [0.15, 0.2) is 0 Å². The second-order valence-corrected chi connectivity index (χ2v) is 6.16. The minimum absolute atomic E-state index is 0.337. The third-order valence-electron chi connectivity index (χ3n) is 4.60. The van der Waals surface area contributed by atoms with Crippen molar-refractivity contribution < 1.29 is 4.79 Å². The summed E-state index contributed by atoms with van der Waals surface area (Å²) in [5, 5.41) is 0. The van der Waals surface area contributed by atoms with Gasteiger partial charge in [-0.05, 0) is 43.1 Å². The molecule has 0 unspecified atom stereocenters. The lowest BCUT2D eigenvalue weighted by Crippen LogP contribution is -2.46. The highest BCUT2D eigenvalue weighted by molar-refractivity contribution is 5.94. The van der Waals surface area contributed by atoms with E-state index in [2.05, 4.69) is 26.9 Å². The molecule has 1 fully saturated rings. The Morgan fingerprint density at radius 3 is 2.46 bits per heavy atom. The Balaban J connectivity index is 1.45. The van der Waals surface area contributed by atoms with Crippen molar-refractivity contribution in [3.8, 4) is 0 Å². The molecule has 1 aliphatic heterocycles. The fraction of sp³-hybridized carbons (Fsp3) is 0.368. The number of amides is 1. The van der Waals surface area contributed by atoms with E-state index in [1.807, 2.05) is 36.7 Å². The molecule has 5 nitrogen and oxygen atoms in total. The summed E-state index contributed by atoms with van der Waals surface area (Å²) < 4.78 is 0. The number of nitrogens with zero attached hydrogens (tertiary/aromatic N) is 3. The van der Waals surface area contributed by atoms with E-state index in [0.29, 0.717) is 5.56 Å². The number of benzene rings is 1. The fourth-order valence-electron chi connectivity index (χ4n) is 3.26. The van der Waals surface area contributed by atoms with Crippen LogP contribution in [-0.2, 0) is 6.42 Å². The molecule has 0 radical (unpaired) electrons. The molecule has 2 N–H and O–H groups in total. The zero-order valence-corrected chi connectivity index (χ0v) is 13.9. The van der Waals surface area contributed by atoms with Gasteiger partial charge >= 0.3 is 0 Å². The molecular formula is C19H24N4O. The molecule has 1 saturated heterocycles. The van der Waals surface area contributed by atoms with Crippen molar-refractivity contribution in [3.05, 3.63) is 59.9 Å². The number of carbonyl (C=O) groups excluding carboxylic acids is 1. The molecule has 2 aromatic rings. The van der Waals surface area contributed by atoms with E-state index < -0.39 is 0 Å². The maximum absolute atomic E-state index is 11.5. The van der Waals surface area contributed by atoms with Gasteiger partial charge in [-0.25, -0.2) is 0 Å². The van der Waals surface area contributed by atoms with E-state index in [1.54, 1.807) is 0 Å². The molecule has 126 valence electrons. The SMILES string of the molecule is NC(=O)c1ccccc1CCCN1CCN(c2ccncc2)CC1. The third kappa shape index (κ3) is 4.11. The Morgan fingerprint density at radius 1 is 1.04 bits per heavy atom. The summed E-state index contributed by atoms with van der Waals surface area (Å²) in [6.07, 6.45) is 5.62. The predicted molar refractivity (Wildman–Crippen MR) is 96.2 cm³/mol. The highest BCUT2D eigenvalue weighted by Gasteiger charge is 2.17. The first-order chi connectivity index (χ1) is 11.7. The smallest absolute Gasteiger partial charge is 0.248 e. The first-order valence-electron chi connectivity index (χ1n) is 8.49. The largest absolute Gasteiger partial charge is 0.369 e. The second kappa shape index (κ2) is 7.93. The van der Waals surface area contributed by atoms with Gasteiger partial charge in [-0.3, -0.25) is 14.7 Å². The maximum Gasteiger partial charge on any atom is 0.248 e. The van der Waals surface area contributed by atoms with Crippen LogP contribution in [0.2, 0.25) is 0 Å². The van der Waals surface area contributed by atoms with Crippen LogP contribution in [0.1, 0.15) is 22.3 Å². The van der Waals surface area contributed by atoms with Crippen molar-refractivity contribution in [2.24, 2.45) is 5.73 Å². The van der Waals surface area contributed by atoms with Crippen LogP contribution in [0.4, 0.5) is 5.69 Å². The van der Waals surface area contributed by atoms with Gasteiger partial charge in [0.25, 0.3) is 0 Å². The lowest BCUT2D eigenvalue weighted by Gasteiger charge is -2.36. The number of piperazine rings is 1. The van der Waals surface area contributed by atoms with Crippen molar-refractivity contribution >= 4 is 11.6 Å². The van der Waals surface area contributed by atoms with Gasteiger partial charge in [0.05, 0.1) is 0 Å². The van der Waals surface area contributed by atoms with E-state index in [4.69, 9.17) is 5.73 Å². The van der Waals surface area contributed by atoms with Crippen molar-refractivity contribution in [1.82, 2.24) is 9.88 Å². The number of nitrogens with two attached hydrogens (primary N) is 1. The average Bonchev–Trinajstić information content (AvgIpc) is 2.63. The number of pyridine rings is 1. The van der Waals surface area contributed by atoms with E-state index in [-0.39, 0.29) is 5.91 Å². The molecule has 24 heavy (non-hydrogen) atoms. The number of anilines is 1. The topological polar surface area (TPSA) is 62.5 Å². The fourth-order valence-corrected chi connectivity index (χ4v) is 3.26. The molecule has 0 aliphatic carbocycles. The summed E-state index contributed by atoms with van der Waals surface area (Å²) in [4.78, 5) is 20.4. The molecular weight excluding hydrogens is 300 g/mol. The molecule has 0 spiro atoms. The minimum atomic E-state index is -0.337.